The van der Waals surface area contributed by atoms with E-state index in [1.54, 1.807) is 25.5 Å². The first kappa shape index (κ1) is 11.3. The third-order valence-corrected chi connectivity index (χ3v) is 2.38. The molecule has 0 saturated carbocycles. The van der Waals surface area contributed by atoms with Crippen LogP contribution in [0.3, 0.4) is 0 Å². The SMILES string of the molecule is Cc1cc(N)n(C(=O)[C@@H](N)Cc2cnc[nH]2)n1. The van der Waals surface area contributed by atoms with Crippen molar-refractivity contribution >= 4 is 11.7 Å². The van der Waals surface area contributed by atoms with Crippen LogP contribution in [0, 0.1) is 6.92 Å². The molecule has 0 aliphatic heterocycles. The van der Waals surface area contributed by atoms with Crippen LogP contribution in [-0.4, -0.2) is 31.7 Å². The minimum atomic E-state index is -0.697. The van der Waals surface area contributed by atoms with Crippen molar-refractivity contribution in [1.29, 1.82) is 0 Å². The van der Waals surface area contributed by atoms with Gasteiger partial charge in [-0.05, 0) is 6.92 Å². The second-order valence-electron chi connectivity index (χ2n) is 3.85. The van der Waals surface area contributed by atoms with Gasteiger partial charge in [0.05, 0.1) is 18.1 Å². The van der Waals surface area contributed by atoms with Gasteiger partial charge in [0.1, 0.15) is 5.82 Å². The number of aryl methyl sites for hydroxylation is 1. The van der Waals surface area contributed by atoms with Crippen LogP contribution in [0.15, 0.2) is 18.6 Å². The normalized spacial score (nSPS) is 12.6. The highest BCUT2D eigenvalue weighted by Gasteiger charge is 2.19. The second-order valence-corrected chi connectivity index (χ2v) is 3.85. The van der Waals surface area contributed by atoms with Crippen LogP contribution < -0.4 is 11.5 Å². The van der Waals surface area contributed by atoms with Crippen LogP contribution in [0.25, 0.3) is 0 Å². The number of rotatable bonds is 3. The van der Waals surface area contributed by atoms with E-state index in [0.717, 1.165) is 10.4 Å². The molecule has 5 N–H and O–H groups in total. The summed E-state index contributed by atoms with van der Waals surface area (Å²) in [6.45, 7) is 1.76. The molecule has 0 amide bonds. The molecule has 2 aromatic rings. The highest BCUT2D eigenvalue weighted by molar-refractivity contribution is 5.86. The van der Waals surface area contributed by atoms with Gasteiger partial charge in [-0.3, -0.25) is 4.79 Å². The van der Waals surface area contributed by atoms with E-state index in [1.165, 1.54) is 0 Å². The summed E-state index contributed by atoms with van der Waals surface area (Å²) >= 11 is 0. The number of aromatic amines is 1. The second kappa shape index (κ2) is 4.38. The molecule has 17 heavy (non-hydrogen) atoms. The van der Waals surface area contributed by atoms with Gasteiger partial charge in [-0.1, -0.05) is 0 Å². The average Bonchev–Trinajstić information content (AvgIpc) is 2.87. The number of nitrogens with zero attached hydrogens (tertiary/aromatic N) is 3. The molecule has 0 aliphatic carbocycles. The maximum atomic E-state index is 12.0. The predicted molar refractivity (Wildman–Crippen MR) is 62.3 cm³/mol. The summed E-state index contributed by atoms with van der Waals surface area (Å²) in [5, 5.41) is 4.00. The van der Waals surface area contributed by atoms with Crippen molar-refractivity contribution in [2.45, 2.75) is 19.4 Å². The largest absolute Gasteiger partial charge is 0.383 e. The minimum Gasteiger partial charge on any atom is -0.383 e. The fraction of sp³-hybridized carbons (Fsp3) is 0.300. The molecule has 0 radical (unpaired) electrons. The van der Waals surface area contributed by atoms with E-state index in [9.17, 15) is 4.79 Å². The van der Waals surface area contributed by atoms with Crippen molar-refractivity contribution in [2.24, 2.45) is 5.73 Å². The summed E-state index contributed by atoms with van der Waals surface area (Å²) < 4.78 is 1.14. The summed E-state index contributed by atoms with van der Waals surface area (Å²) in [5.74, 6) is -0.0299. The van der Waals surface area contributed by atoms with E-state index in [1.807, 2.05) is 0 Å². The number of hydrogen-bond donors (Lipinski definition) is 3. The number of imidazole rings is 1. The topological polar surface area (TPSA) is 116 Å². The Balaban J connectivity index is 2.12. The average molecular weight is 234 g/mol. The third kappa shape index (κ3) is 2.34. The summed E-state index contributed by atoms with van der Waals surface area (Å²) in [7, 11) is 0. The Morgan fingerprint density at radius 2 is 2.41 bits per heavy atom. The van der Waals surface area contributed by atoms with Gasteiger partial charge in [0.25, 0.3) is 5.91 Å². The summed E-state index contributed by atoms with van der Waals surface area (Å²) in [6.07, 6.45) is 3.54. The minimum absolute atomic E-state index is 0.299. The number of aromatic nitrogens is 4. The van der Waals surface area contributed by atoms with Gasteiger partial charge in [0, 0.05) is 24.4 Å². The molecule has 7 heteroatoms. The molecule has 0 aliphatic rings. The lowest BCUT2D eigenvalue weighted by Gasteiger charge is -2.09. The lowest BCUT2D eigenvalue weighted by molar-refractivity contribution is 0.0865. The first-order valence-electron chi connectivity index (χ1n) is 5.17. The molecular weight excluding hydrogens is 220 g/mol. The number of H-pyrrole nitrogens is 1. The van der Waals surface area contributed by atoms with Gasteiger partial charge in [-0.2, -0.15) is 9.78 Å². The van der Waals surface area contributed by atoms with Crippen molar-refractivity contribution in [2.75, 3.05) is 5.73 Å². The van der Waals surface area contributed by atoms with E-state index >= 15 is 0 Å². The number of nitrogen functional groups attached to an aromatic ring is 1. The van der Waals surface area contributed by atoms with E-state index in [-0.39, 0.29) is 5.91 Å². The first-order valence-corrected chi connectivity index (χ1v) is 5.17. The molecule has 2 aromatic heterocycles. The van der Waals surface area contributed by atoms with Gasteiger partial charge in [-0.25, -0.2) is 4.98 Å². The zero-order chi connectivity index (χ0) is 12.4. The molecule has 0 spiro atoms. The fourth-order valence-electron chi connectivity index (χ4n) is 1.57. The Kier molecular flexibility index (Phi) is 2.92. The van der Waals surface area contributed by atoms with Gasteiger partial charge in [-0.15, -0.1) is 0 Å². The molecule has 0 fully saturated rings. The molecule has 90 valence electrons. The Hall–Kier alpha value is -2.15. The quantitative estimate of drug-likeness (QED) is 0.674. The maximum absolute atomic E-state index is 12.0. The molecule has 2 heterocycles. The van der Waals surface area contributed by atoms with Gasteiger partial charge < -0.3 is 16.5 Å². The van der Waals surface area contributed by atoms with Crippen LogP contribution >= 0.6 is 0 Å². The fourth-order valence-corrected chi connectivity index (χ4v) is 1.57. The van der Waals surface area contributed by atoms with E-state index in [4.69, 9.17) is 11.5 Å². The van der Waals surface area contributed by atoms with E-state index in [0.29, 0.717) is 17.9 Å². The van der Waals surface area contributed by atoms with Crippen molar-refractivity contribution in [3.8, 4) is 0 Å². The van der Waals surface area contributed by atoms with Crippen molar-refractivity contribution in [3.63, 3.8) is 0 Å². The van der Waals surface area contributed by atoms with E-state index in [2.05, 4.69) is 15.1 Å². The standard InChI is InChI=1S/C10H14N6O/c1-6-2-9(12)16(15-6)10(17)8(11)3-7-4-13-5-14-7/h2,4-5,8H,3,11-12H2,1H3,(H,13,14)/t8-/m0/s1. The van der Waals surface area contributed by atoms with Crippen molar-refractivity contribution < 1.29 is 4.79 Å². The maximum Gasteiger partial charge on any atom is 0.266 e. The lowest BCUT2D eigenvalue weighted by Crippen LogP contribution is -2.37. The summed E-state index contributed by atoms with van der Waals surface area (Å²) in [4.78, 5) is 18.7. The molecule has 2 rings (SSSR count). The molecule has 0 saturated heterocycles. The molecule has 0 unspecified atom stereocenters. The zero-order valence-electron chi connectivity index (χ0n) is 9.42. The van der Waals surface area contributed by atoms with Crippen LogP contribution in [0.5, 0.6) is 0 Å². The van der Waals surface area contributed by atoms with E-state index < -0.39 is 6.04 Å². The Morgan fingerprint density at radius 1 is 1.65 bits per heavy atom. The van der Waals surface area contributed by atoms with Gasteiger partial charge in [0.15, 0.2) is 0 Å². The third-order valence-electron chi connectivity index (χ3n) is 2.38. The van der Waals surface area contributed by atoms with Crippen molar-refractivity contribution in [1.82, 2.24) is 19.7 Å². The first-order chi connectivity index (χ1) is 8.08. The van der Waals surface area contributed by atoms with Gasteiger partial charge >= 0.3 is 0 Å². The predicted octanol–water partition coefficient (Wildman–Crippen LogP) is -0.293. The molecule has 0 bridgehead atoms. The highest BCUT2D eigenvalue weighted by Crippen LogP contribution is 2.07. The number of anilines is 1. The number of nitrogens with two attached hydrogens (primary N) is 2. The molecule has 1 atom stereocenters. The Morgan fingerprint density at radius 3 is 2.94 bits per heavy atom. The van der Waals surface area contributed by atoms with Crippen LogP contribution in [-0.2, 0) is 6.42 Å². The monoisotopic (exact) mass is 234 g/mol. The number of nitrogens with one attached hydrogen (secondary N) is 1. The Labute approximate surface area is 97.8 Å². The molecule has 7 nitrogen and oxygen atoms in total. The van der Waals surface area contributed by atoms with Crippen molar-refractivity contribution in [3.05, 3.63) is 30.0 Å². The molecular formula is C10H14N6O. The molecule has 0 aromatic carbocycles. The van der Waals surface area contributed by atoms with Crippen LogP contribution in [0.4, 0.5) is 5.82 Å². The van der Waals surface area contributed by atoms with Crippen LogP contribution in [0.2, 0.25) is 0 Å². The summed E-state index contributed by atoms with van der Waals surface area (Å²) in [6, 6.07) is 0.929. The summed E-state index contributed by atoms with van der Waals surface area (Å²) in [5.41, 5.74) is 12.9. The number of carbonyl (C=O) groups is 1. The number of hydrogen-bond acceptors (Lipinski definition) is 5. The van der Waals surface area contributed by atoms with Crippen LogP contribution in [0.1, 0.15) is 16.2 Å². The number of carbonyl (C=O) groups excluding carboxylic acids is 1. The smallest absolute Gasteiger partial charge is 0.266 e. The zero-order valence-corrected chi connectivity index (χ0v) is 9.42. The van der Waals surface area contributed by atoms with Gasteiger partial charge in [0.2, 0.25) is 0 Å². The highest BCUT2D eigenvalue weighted by atomic mass is 16.2. The Bertz CT molecular complexity index is 515. The lowest BCUT2D eigenvalue weighted by atomic mass is 10.1.